The number of pyridine rings is 1. The SMILES string of the molecule is COc1cc(C(=O)NCC(O)(c2ccc(OC)c(-c3ccc(F)c(Cl)c3)n2)C2CC2)ccc1OCC(N)=O. The highest BCUT2D eigenvalue weighted by Crippen LogP contribution is 2.46. The lowest BCUT2D eigenvalue weighted by atomic mass is 9.92. The van der Waals surface area contributed by atoms with Crippen LogP contribution in [0.15, 0.2) is 48.5 Å². The number of nitrogens with one attached hydrogen (secondary N) is 1. The van der Waals surface area contributed by atoms with Crippen LogP contribution >= 0.6 is 11.6 Å². The quantitative estimate of drug-likeness (QED) is 0.337. The van der Waals surface area contributed by atoms with Crippen LogP contribution in [0.5, 0.6) is 17.2 Å². The van der Waals surface area contributed by atoms with Gasteiger partial charge >= 0.3 is 0 Å². The zero-order valence-electron chi connectivity index (χ0n) is 20.8. The van der Waals surface area contributed by atoms with Crippen molar-refractivity contribution in [3.8, 4) is 28.5 Å². The average Bonchev–Trinajstić information content (AvgIpc) is 3.77. The molecule has 1 atom stereocenters. The van der Waals surface area contributed by atoms with E-state index in [9.17, 15) is 19.1 Å². The second kappa shape index (κ2) is 11.2. The van der Waals surface area contributed by atoms with Gasteiger partial charge in [-0.1, -0.05) is 11.6 Å². The van der Waals surface area contributed by atoms with Crippen molar-refractivity contribution in [3.63, 3.8) is 0 Å². The van der Waals surface area contributed by atoms with Gasteiger partial charge in [-0.15, -0.1) is 0 Å². The summed E-state index contributed by atoms with van der Waals surface area (Å²) in [6.07, 6.45) is 1.52. The predicted molar refractivity (Wildman–Crippen MR) is 138 cm³/mol. The van der Waals surface area contributed by atoms with E-state index in [-0.39, 0.29) is 41.2 Å². The molecule has 1 aliphatic rings. The number of aliphatic hydroxyl groups is 1. The van der Waals surface area contributed by atoms with E-state index in [1.165, 1.54) is 50.6 Å². The summed E-state index contributed by atoms with van der Waals surface area (Å²) in [6.45, 7) is -0.445. The Morgan fingerprint density at radius 3 is 2.45 bits per heavy atom. The van der Waals surface area contributed by atoms with Gasteiger partial charge in [0.15, 0.2) is 18.1 Å². The van der Waals surface area contributed by atoms with Crippen molar-refractivity contribution in [3.05, 3.63) is 70.6 Å². The molecule has 4 N–H and O–H groups in total. The summed E-state index contributed by atoms with van der Waals surface area (Å²) in [5.74, 6) is -0.860. The molecule has 0 saturated heterocycles. The van der Waals surface area contributed by atoms with E-state index in [1.54, 1.807) is 12.1 Å². The summed E-state index contributed by atoms with van der Waals surface area (Å²) in [7, 11) is 2.89. The van der Waals surface area contributed by atoms with Crippen LogP contribution in [0, 0.1) is 11.7 Å². The van der Waals surface area contributed by atoms with Crippen molar-refractivity contribution in [2.75, 3.05) is 27.4 Å². The Kier molecular flexibility index (Phi) is 8.03. The number of nitrogens with zero attached hydrogens (tertiary/aromatic N) is 1. The molecule has 1 heterocycles. The predicted octanol–water partition coefficient (Wildman–Crippen LogP) is 3.45. The van der Waals surface area contributed by atoms with E-state index in [0.717, 1.165) is 12.8 Å². The summed E-state index contributed by atoms with van der Waals surface area (Å²) < 4.78 is 29.7. The van der Waals surface area contributed by atoms with Crippen LogP contribution in [-0.2, 0) is 10.4 Å². The zero-order valence-corrected chi connectivity index (χ0v) is 21.5. The molecule has 1 saturated carbocycles. The van der Waals surface area contributed by atoms with Crippen molar-refractivity contribution < 1.29 is 33.3 Å². The number of hydrogen-bond donors (Lipinski definition) is 3. The Labute approximate surface area is 223 Å². The molecule has 38 heavy (non-hydrogen) atoms. The Morgan fingerprint density at radius 1 is 1.11 bits per heavy atom. The number of primary amides is 1. The molecule has 0 radical (unpaired) electrons. The van der Waals surface area contributed by atoms with E-state index in [4.69, 9.17) is 31.5 Å². The molecule has 3 aromatic rings. The molecular formula is C27H27ClFN3O6. The number of nitrogens with two attached hydrogens (primary N) is 1. The first kappa shape index (κ1) is 27.2. The van der Waals surface area contributed by atoms with Crippen molar-refractivity contribution >= 4 is 23.4 Å². The smallest absolute Gasteiger partial charge is 0.255 e. The van der Waals surface area contributed by atoms with Gasteiger partial charge in [0.1, 0.15) is 22.9 Å². The maximum Gasteiger partial charge on any atom is 0.255 e. The third kappa shape index (κ3) is 5.81. The molecular weight excluding hydrogens is 517 g/mol. The van der Waals surface area contributed by atoms with Gasteiger partial charge in [-0.3, -0.25) is 9.59 Å². The minimum atomic E-state index is -1.46. The van der Waals surface area contributed by atoms with Crippen molar-refractivity contribution in [2.24, 2.45) is 11.7 Å². The maximum atomic E-state index is 13.7. The van der Waals surface area contributed by atoms with Gasteiger partial charge in [0.05, 0.1) is 31.5 Å². The van der Waals surface area contributed by atoms with E-state index in [2.05, 4.69) is 10.3 Å². The van der Waals surface area contributed by atoms with Crippen LogP contribution in [0.2, 0.25) is 5.02 Å². The third-order valence-electron chi connectivity index (χ3n) is 6.28. The van der Waals surface area contributed by atoms with E-state index in [1.807, 2.05) is 0 Å². The monoisotopic (exact) mass is 543 g/mol. The number of aromatic nitrogens is 1. The van der Waals surface area contributed by atoms with Crippen LogP contribution in [0.1, 0.15) is 28.9 Å². The van der Waals surface area contributed by atoms with Crippen LogP contribution in [-0.4, -0.2) is 49.3 Å². The Morgan fingerprint density at radius 2 is 1.82 bits per heavy atom. The standard InChI is InChI=1S/C27H27ClFN3O6/c1-36-21-9-10-23(32-25(21)15-3-7-19(29)18(28)11-15)27(35,17-5-6-17)14-31-26(34)16-4-8-20(22(12-16)37-2)38-13-24(30)33/h3-4,7-12,17,35H,5-6,13-14H2,1-2H3,(H2,30,33)(H,31,34). The number of benzene rings is 2. The van der Waals surface area contributed by atoms with E-state index < -0.39 is 23.2 Å². The first-order valence-electron chi connectivity index (χ1n) is 11.8. The number of carbonyl (C=O) groups is 2. The summed E-state index contributed by atoms with van der Waals surface area (Å²) in [6, 6.07) is 12.0. The molecule has 11 heteroatoms. The number of hydrogen-bond acceptors (Lipinski definition) is 7. The number of methoxy groups -OCH3 is 2. The normalized spacial score (nSPS) is 14.3. The van der Waals surface area contributed by atoms with Crippen LogP contribution in [0.4, 0.5) is 4.39 Å². The van der Waals surface area contributed by atoms with E-state index >= 15 is 0 Å². The van der Waals surface area contributed by atoms with Gasteiger partial charge in [-0.2, -0.15) is 0 Å². The van der Waals surface area contributed by atoms with Crippen LogP contribution < -0.4 is 25.3 Å². The van der Waals surface area contributed by atoms with Crippen molar-refractivity contribution in [2.45, 2.75) is 18.4 Å². The third-order valence-corrected chi connectivity index (χ3v) is 6.57. The molecule has 0 spiro atoms. The van der Waals surface area contributed by atoms with Gasteiger partial charge in [0.2, 0.25) is 0 Å². The van der Waals surface area contributed by atoms with Gasteiger partial charge in [0, 0.05) is 11.1 Å². The number of rotatable bonds is 11. The van der Waals surface area contributed by atoms with Crippen LogP contribution in [0.25, 0.3) is 11.3 Å². The van der Waals surface area contributed by atoms with Gasteiger partial charge in [-0.05, 0) is 67.3 Å². The zero-order chi connectivity index (χ0) is 27.4. The Hall–Kier alpha value is -3.89. The van der Waals surface area contributed by atoms with Gasteiger partial charge in [0.25, 0.3) is 11.8 Å². The Balaban J connectivity index is 1.58. The Bertz CT molecular complexity index is 1370. The summed E-state index contributed by atoms with van der Waals surface area (Å²) in [5.41, 5.74) is 5.15. The molecule has 1 aliphatic carbocycles. The lowest BCUT2D eigenvalue weighted by Crippen LogP contribution is -2.43. The molecule has 2 amide bonds. The average molecular weight is 544 g/mol. The fourth-order valence-electron chi connectivity index (χ4n) is 4.10. The second-order valence-corrected chi connectivity index (χ2v) is 9.29. The molecule has 2 aromatic carbocycles. The molecule has 1 unspecified atom stereocenters. The molecule has 4 rings (SSSR count). The summed E-state index contributed by atoms with van der Waals surface area (Å²) in [4.78, 5) is 28.7. The number of amides is 2. The topological polar surface area (TPSA) is 133 Å². The highest BCUT2D eigenvalue weighted by atomic mass is 35.5. The minimum Gasteiger partial charge on any atom is -0.494 e. The first-order chi connectivity index (χ1) is 18.2. The van der Waals surface area contributed by atoms with Gasteiger partial charge in [-0.25, -0.2) is 9.37 Å². The lowest BCUT2D eigenvalue weighted by Gasteiger charge is -2.29. The number of halogens is 2. The number of ether oxygens (including phenoxy) is 3. The molecule has 1 aromatic heterocycles. The fraction of sp³-hybridized carbons (Fsp3) is 0.296. The summed E-state index contributed by atoms with van der Waals surface area (Å²) in [5, 5.41) is 14.4. The second-order valence-electron chi connectivity index (χ2n) is 8.88. The largest absolute Gasteiger partial charge is 0.494 e. The molecule has 1 fully saturated rings. The highest BCUT2D eigenvalue weighted by Gasteiger charge is 2.46. The molecule has 9 nitrogen and oxygen atoms in total. The summed E-state index contributed by atoms with van der Waals surface area (Å²) >= 11 is 5.98. The highest BCUT2D eigenvalue weighted by molar-refractivity contribution is 6.31. The minimum absolute atomic E-state index is 0.0667. The lowest BCUT2D eigenvalue weighted by molar-refractivity contribution is -0.119. The van der Waals surface area contributed by atoms with Crippen molar-refractivity contribution in [1.82, 2.24) is 10.3 Å². The van der Waals surface area contributed by atoms with Crippen LogP contribution in [0.3, 0.4) is 0 Å². The molecule has 0 bridgehead atoms. The first-order valence-corrected chi connectivity index (χ1v) is 12.1. The van der Waals surface area contributed by atoms with E-state index in [0.29, 0.717) is 22.7 Å². The number of carbonyl (C=O) groups excluding carboxylic acids is 2. The molecule has 200 valence electrons. The van der Waals surface area contributed by atoms with Crippen molar-refractivity contribution in [1.29, 1.82) is 0 Å². The molecule has 0 aliphatic heterocycles. The van der Waals surface area contributed by atoms with Gasteiger partial charge < -0.3 is 30.4 Å². The fourth-order valence-corrected chi connectivity index (χ4v) is 4.28. The maximum absolute atomic E-state index is 13.7.